The molecule has 1 heterocycles. The first-order valence-electron chi connectivity index (χ1n) is 9.00. The Morgan fingerprint density at radius 1 is 1.13 bits per heavy atom. The standard InChI is InChI=1S/C19H20N4O7S/c1-28-15-7-6-14(11-16(15)29-2)31(26,27)20-9-8-17(24)21-13-5-3-4-12(10-13)18-22-19(25)30-23-18/h3-7,10-11,20H,8-9H2,1-2H3,(H,21,24)(H,22,23,25). The number of sulfonamides is 1. The molecule has 1 amide bonds. The van der Waals surface area contributed by atoms with E-state index in [0.717, 1.165) is 0 Å². The number of nitrogens with one attached hydrogen (secondary N) is 3. The van der Waals surface area contributed by atoms with Crippen molar-refractivity contribution in [1.82, 2.24) is 14.9 Å². The van der Waals surface area contributed by atoms with Gasteiger partial charge >= 0.3 is 5.76 Å². The summed E-state index contributed by atoms with van der Waals surface area (Å²) in [5.41, 5.74) is 0.993. The Labute approximate surface area is 177 Å². The topological polar surface area (TPSA) is 153 Å². The lowest BCUT2D eigenvalue weighted by Gasteiger charge is -2.11. The van der Waals surface area contributed by atoms with Gasteiger partial charge in [0.2, 0.25) is 15.9 Å². The van der Waals surface area contributed by atoms with Crippen LogP contribution in [0.3, 0.4) is 0 Å². The van der Waals surface area contributed by atoms with E-state index in [1.807, 2.05) is 0 Å². The van der Waals surface area contributed by atoms with Gasteiger partial charge in [0.15, 0.2) is 17.3 Å². The molecule has 3 aromatic rings. The molecule has 11 nitrogen and oxygen atoms in total. The molecule has 12 heteroatoms. The van der Waals surface area contributed by atoms with Crippen molar-refractivity contribution in [1.29, 1.82) is 0 Å². The van der Waals surface area contributed by atoms with Crippen molar-refractivity contribution in [3.05, 3.63) is 53.0 Å². The number of amides is 1. The molecule has 3 rings (SSSR count). The normalized spacial score (nSPS) is 11.2. The molecular formula is C19H20N4O7S. The Morgan fingerprint density at radius 3 is 2.58 bits per heavy atom. The third-order valence-corrected chi connectivity index (χ3v) is 5.63. The van der Waals surface area contributed by atoms with Gasteiger partial charge in [-0.2, -0.15) is 0 Å². The number of nitrogens with zero attached hydrogens (tertiary/aromatic N) is 1. The zero-order chi connectivity index (χ0) is 22.4. The average molecular weight is 448 g/mol. The van der Waals surface area contributed by atoms with E-state index in [1.54, 1.807) is 24.3 Å². The molecule has 0 saturated carbocycles. The Kier molecular flexibility index (Phi) is 6.72. The van der Waals surface area contributed by atoms with E-state index in [1.165, 1.54) is 32.4 Å². The van der Waals surface area contributed by atoms with Gasteiger partial charge in [0.1, 0.15) is 0 Å². The maximum Gasteiger partial charge on any atom is 0.439 e. The van der Waals surface area contributed by atoms with Gasteiger partial charge < -0.3 is 14.8 Å². The molecule has 0 aliphatic heterocycles. The van der Waals surface area contributed by atoms with Crippen LogP contribution in [0.2, 0.25) is 0 Å². The van der Waals surface area contributed by atoms with Crippen LogP contribution in [0.15, 0.2) is 56.7 Å². The number of hydrogen-bond donors (Lipinski definition) is 3. The first kappa shape index (κ1) is 22.1. The SMILES string of the molecule is COc1ccc(S(=O)(=O)NCCC(=O)Nc2cccc(-c3noc(=O)[nH]3)c2)cc1OC. The second-order valence-electron chi connectivity index (χ2n) is 6.24. The zero-order valence-corrected chi connectivity index (χ0v) is 17.5. The predicted molar refractivity (Wildman–Crippen MR) is 111 cm³/mol. The van der Waals surface area contributed by atoms with E-state index in [9.17, 15) is 18.0 Å². The van der Waals surface area contributed by atoms with Crippen molar-refractivity contribution in [3.63, 3.8) is 0 Å². The van der Waals surface area contributed by atoms with Crippen LogP contribution in [0.25, 0.3) is 11.4 Å². The van der Waals surface area contributed by atoms with Crippen LogP contribution in [0.4, 0.5) is 5.69 Å². The summed E-state index contributed by atoms with van der Waals surface area (Å²) in [7, 11) is -0.993. The molecule has 0 aliphatic carbocycles. The number of carbonyl (C=O) groups excluding carboxylic acids is 1. The summed E-state index contributed by atoms with van der Waals surface area (Å²) in [6.45, 7) is -0.112. The fraction of sp³-hybridized carbons (Fsp3) is 0.211. The number of benzene rings is 2. The number of hydrogen-bond acceptors (Lipinski definition) is 8. The Hall–Kier alpha value is -3.64. The third-order valence-electron chi connectivity index (χ3n) is 4.17. The highest BCUT2D eigenvalue weighted by molar-refractivity contribution is 7.89. The largest absolute Gasteiger partial charge is 0.493 e. The summed E-state index contributed by atoms with van der Waals surface area (Å²) in [5, 5.41) is 6.24. The minimum Gasteiger partial charge on any atom is -0.493 e. The quantitative estimate of drug-likeness (QED) is 0.443. The molecular weight excluding hydrogens is 428 g/mol. The molecule has 0 unspecified atom stereocenters. The Balaban J connectivity index is 1.58. The maximum absolute atomic E-state index is 12.5. The van der Waals surface area contributed by atoms with Crippen LogP contribution in [-0.4, -0.2) is 45.2 Å². The molecule has 0 saturated heterocycles. The van der Waals surface area contributed by atoms with Crippen LogP contribution in [0, 0.1) is 0 Å². The van der Waals surface area contributed by atoms with Gasteiger partial charge in [0.05, 0.1) is 19.1 Å². The molecule has 1 aromatic heterocycles. The third kappa shape index (κ3) is 5.49. The van der Waals surface area contributed by atoms with E-state index in [4.69, 9.17) is 9.47 Å². The molecule has 164 valence electrons. The number of aromatic amines is 1. The lowest BCUT2D eigenvalue weighted by Crippen LogP contribution is -2.27. The molecule has 3 N–H and O–H groups in total. The lowest BCUT2D eigenvalue weighted by atomic mass is 10.2. The number of carbonyl (C=O) groups is 1. The summed E-state index contributed by atoms with van der Waals surface area (Å²) >= 11 is 0. The van der Waals surface area contributed by atoms with E-state index in [2.05, 4.69) is 24.7 Å². The zero-order valence-electron chi connectivity index (χ0n) is 16.7. The lowest BCUT2D eigenvalue weighted by molar-refractivity contribution is -0.116. The van der Waals surface area contributed by atoms with Gasteiger partial charge in [-0.15, -0.1) is 0 Å². The van der Waals surface area contributed by atoms with Crippen LogP contribution in [0.1, 0.15) is 6.42 Å². The van der Waals surface area contributed by atoms with Crippen molar-refractivity contribution in [2.45, 2.75) is 11.3 Å². The fourth-order valence-corrected chi connectivity index (χ4v) is 3.73. The highest BCUT2D eigenvalue weighted by atomic mass is 32.2. The van der Waals surface area contributed by atoms with Gasteiger partial charge in [0.25, 0.3) is 0 Å². The van der Waals surface area contributed by atoms with Crippen LogP contribution >= 0.6 is 0 Å². The number of methoxy groups -OCH3 is 2. The van der Waals surface area contributed by atoms with Gasteiger partial charge in [0, 0.05) is 30.3 Å². The molecule has 2 aromatic carbocycles. The van der Waals surface area contributed by atoms with Crippen molar-refractivity contribution >= 4 is 21.6 Å². The summed E-state index contributed by atoms with van der Waals surface area (Å²) in [6, 6.07) is 10.8. The fourth-order valence-electron chi connectivity index (χ4n) is 2.69. The number of aromatic nitrogens is 2. The Bertz CT molecular complexity index is 1230. The molecule has 31 heavy (non-hydrogen) atoms. The first-order chi connectivity index (χ1) is 14.8. The molecule has 0 bridgehead atoms. The number of anilines is 1. The van der Waals surface area contributed by atoms with Crippen LogP contribution in [0.5, 0.6) is 11.5 Å². The van der Waals surface area contributed by atoms with Gasteiger partial charge in [-0.25, -0.2) is 17.9 Å². The van der Waals surface area contributed by atoms with Crippen molar-refractivity contribution in [2.24, 2.45) is 0 Å². The van der Waals surface area contributed by atoms with E-state index in [-0.39, 0.29) is 29.4 Å². The molecule has 0 spiro atoms. The highest BCUT2D eigenvalue weighted by Crippen LogP contribution is 2.29. The van der Waals surface area contributed by atoms with Gasteiger partial charge in [-0.1, -0.05) is 17.3 Å². The predicted octanol–water partition coefficient (Wildman–Crippen LogP) is 1.35. The van der Waals surface area contributed by atoms with Gasteiger partial charge in [-0.05, 0) is 24.3 Å². The molecule has 0 aliphatic rings. The van der Waals surface area contributed by atoms with E-state index >= 15 is 0 Å². The van der Waals surface area contributed by atoms with Crippen LogP contribution < -0.4 is 25.3 Å². The average Bonchev–Trinajstić information content (AvgIpc) is 3.19. The second-order valence-corrected chi connectivity index (χ2v) is 8.00. The first-order valence-corrected chi connectivity index (χ1v) is 10.5. The van der Waals surface area contributed by atoms with E-state index in [0.29, 0.717) is 17.0 Å². The molecule has 0 radical (unpaired) electrons. The smallest absolute Gasteiger partial charge is 0.439 e. The highest BCUT2D eigenvalue weighted by Gasteiger charge is 2.17. The minimum atomic E-state index is -3.84. The summed E-state index contributed by atoms with van der Waals surface area (Å²) in [6.07, 6.45) is -0.0997. The summed E-state index contributed by atoms with van der Waals surface area (Å²) < 4.78 is 42.0. The van der Waals surface area contributed by atoms with Gasteiger partial charge in [-0.3, -0.25) is 14.3 Å². The molecule has 0 fully saturated rings. The summed E-state index contributed by atoms with van der Waals surface area (Å²) in [5.74, 6) is -0.190. The summed E-state index contributed by atoms with van der Waals surface area (Å²) in [4.78, 5) is 25.7. The maximum atomic E-state index is 12.5. The minimum absolute atomic E-state index is 0.0140. The number of H-pyrrole nitrogens is 1. The van der Waals surface area contributed by atoms with Crippen molar-refractivity contribution in [3.8, 4) is 22.9 Å². The Morgan fingerprint density at radius 2 is 1.90 bits per heavy atom. The second kappa shape index (κ2) is 9.45. The molecule has 0 atom stereocenters. The van der Waals surface area contributed by atoms with Crippen molar-refractivity contribution in [2.75, 3.05) is 26.1 Å². The van der Waals surface area contributed by atoms with Crippen molar-refractivity contribution < 1.29 is 27.2 Å². The monoisotopic (exact) mass is 448 g/mol. The number of ether oxygens (including phenoxy) is 2. The number of rotatable bonds is 9. The van der Waals surface area contributed by atoms with E-state index < -0.39 is 21.7 Å². The van der Waals surface area contributed by atoms with Crippen LogP contribution in [-0.2, 0) is 14.8 Å².